The molecule has 1 aliphatic rings. The maximum atomic E-state index is 12.5. The summed E-state index contributed by atoms with van der Waals surface area (Å²) in [6.07, 6.45) is 0.206. The monoisotopic (exact) mass is 190 g/mol. The van der Waals surface area contributed by atoms with E-state index in [0.717, 1.165) is 0 Å². The van der Waals surface area contributed by atoms with Gasteiger partial charge in [-0.2, -0.15) is 22.0 Å². The van der Waals surface area contributed by atoms with Crippen molar-refractivity contribution in [3.8, 4) is 0 Å². The van der Waals surface area contributed by atoms with Gasteiger partial charge in [-0.25, -0.2) is 0 Å². The van der Waals surface area contributed by atoms with Crippen LogP contribution in [0.2, 0.25) is 0 Å². The molecule has 12 heavy (non-hydrogen) atoms. The summed E-state index contributed by atoms with van der Waals surface area (Å²) >= 11 is 0. The first kappa shape index (κ1) is 9.70. The molecule has 6 heteroatoms. The maximum Gasteiger partial charge on any atom is 0.380 e. The molecular weight excluding hydrogens is 183 g/mol. The Balaban J connectivity index is 2.65. The molecule has 0 atom stereocenters. The van der Waals surface area contributed by atoms with Gasteiger partial charge < -0.3 is 4.74 Å². The van der Waals surface area contributed by atoms with Crippen LogP contribution in [0.4, 0.5) is 22.0 Å². The standard InChI is InChI=1S/C6H7F5O/c1-2-3-12-6(11)4(7,8)5(6,9)10/h2-3H2,1H3. The van der Waals surface area contributed by atoms with Crippen molar-refractivity contribution < 1.29 is 26.7 Å². The highest BCUT2D eigenvalue weighted by molar-refractivity contribution is 5.23. The zero-order chi connectivity index (χ0) is 9.62. The third-order valence-electron chi connectivity index (χ3n) is 1.64. The third-order valence-corrected chi connectivity index (χ3v) is 1.64. The zero-order valence-corrected chi connectivity index (χ0v) is 6.21. The number of rotatable bonds is 3. The molecule has 1 aliphatic carbocycles. The molecule has 0 saturated heterocycles. The third kappa shape index (κ3) is 0.813. The zero-order valence-electron chi connectivity index (χ0n) is 6.21. The lowest BCUT2D eigenvalue weighted by Crippen LogP contribution is -2.19. The molecule has 1 nitrogen and oxygen atoms in total. The van der Waals surface area contributed by atoms with E-state index in [9.17, 15) is 22.0 Å². The van der Waals surface area contributed by atoms with Gasteiger partial charge in [0.05, 0.1) is 6.61 Å². The van der Waals surface area contributed by atoms with E-state index in [1.54, 1.807) is 0 Å². The molecule has 1 rings (SSSR count). The normalized spacial score (nSPS) is 28.5. The van der Waals surface area contributed by atoms with Crippen molar-refractivity contribution in [3.05, 3.63) is 0 Å². The Morgan fingerprint density at radius 1 is 1.00 bits per heavy atom. The highest BCUT2D eigenvalue weighted by atomic mass is 19.3. The van der Waals surface area contributed by atoms with Crippen LogP contribution in [-0.4, -0.2) is 24.3 Å². The van der Waals surface area contributed by atoms with E-state index < -0.39 is 24.3 Å². The molecule has 0 bridgehead atoms. The van der Waals surface area contributed by atoms with Crippen LogP contribution in [0.25, 0.3) is 0 Å². The number of alkyl halides is 5. The summed E-state index contributed by atoms with van der Waals surface area (Å²) in [5, 5.41) is 0. The van der Waals surface area contributed by atoms with Crippen LogP contribution in [0, 0.1) is 0 Å². The van der Waals surface area contributed by atoms with Crippen LogP contribution in [0.15, 0.2) is 0 Å². The van der Waals surface area contributed by atoms with Crippen molar-refractivity contribution in [1.29, 1.82) is 0 Å². The molecule has 0 aromatic rings. The lowest BCUT2D eigenvalue weighted by molar-refractivity contribution is -0.147. The maximum absolute atomic E-state index is 12.5. The van der Waals surface area contributed by atoms with Gasteiger partial charge in [-0.3, -0.25) is 0 Å². The second-order valence-corrected chi connectivity index (χ2v) is 2.59. The first-order valence-corrected chi connectivity index (χ1v) is 3.39. The van der Waals surface area contributed by atoms with Crippen molar-refractivity contribution in [1.82, 2.24) is 0 Å². The lowest BCUT2D eigenvalue weighted by atomic mass is 10.5. The number of hydrogen-bond acceptors (Lipinski definition) is 1. The predicted molar refractivity (Wildman–Crippen MR) is 30.0 cm³/mol. The summed E-state index contributed by atoms with van der Waals surface area (Å²) in [5.41, 5.74) is 0. The number of hydrogen-bond donors (Lipinski definition) is 0. The summed E-state index contributed by atoms with van der Waals surface area (Å²) in [6.45, 7) is 1.06. The Kier molecular flexibility index (Phi) is 1.86. The van der Waals surface area contributed by atoms with Gasteiger partial charge in [0.2, 0.25) is 0 Å². The molecule has 1 fully saturated rings. The van der Waals surface area contributed by atoms with E-state index in [0.29, 0.717) is 0 Å². The Bertz CT molecular complexity index is 176. The van der Waals surface area contributed by atoms with E-state index in [-0.39, 0.29) is 6.42 Å². The van der Waals surface area contributed by atoms with Gasteiger partial charge in [-0.1, -0.05) is 6.92 Å². The van der Waals surface area contributed by atoms with Gasteiger partial charge in [0, 0.05) is 0 Å². The van der Waals surface area contributed by atoms with Crippen LogP contribution in [0.3, 0.4) is 0 Å². The highest BCUT2D eigenvalue weighted by Gasteiger charge is 3.01. The second kappa shape index (κ2) is 2.31. The smallest absolute Gasteiger partial charge is 0.336 e. The van der Waals surface area contributed by atoms with Gasteiger partial charge in [0.15, 0.2) is 0 Å². The summed E-state index contributed by atoms with van der Waals surface area (Å²) in [7, 11) is 0. The number of ether oxygens (including phenoxy) is 1. The average molecular weight is 190 g/mol. The largest absolute Gasteiger partial charge is 0.380 e. The molecule has 0 unspecified atom stereocenters. The molecule has 1 saturated carbocycles. The number of halogens is 5. The van der Waals surface area contributed by atoms with Crippen molar-refractivity contribution in [2.75, 3.05) is 6.61 Å². The molecule has 72 valence electrons. The topological polar surface area (TPSA) is 9.23 Å². The fourth-order valence-corrected chi connectivity index (χ4v) is 0.788. The van der Waals surface area contributed by atoms with E-state index >= 15 is 0 Å². The van der Waals surface area contributed by atoms with E-state index in [1.165, 1.54) is 6.92 Å². The Morgan fingerprint density at radius 3 is 1.67 bits per heavy atom. The molecule has 0 radical (unpaired) electrons. The highest BCUT2D eigenvalue weighted by Crippen LogP contribution is 2.68. The van der Waals surface area contributed by atoms with Gasteiger partial charge >= 0.3 is 17.7 Å². The molecular formula is C6H7F5O. The van der Waals surface area contributed by atoms with Gasteiger partial charge in [-0.05, 0) is 6.42 Å². The lowest BCUT2D eigenvalue weighted by Gasteiger charge is -2.04. The van der Waals surface area contributed by atoms with E-state index in [4.69, 9.17) is 0 Å². The van der Waals surface area contributed by atoms with Gasteiger partial charge in [0.1, 0.15) is 0 Å². The fraction of sp³-hybridized carbons (Fsp3) is 1.00. The van der Waals surface area contributed by atoms with Crippen LogP contribution in [0.5, 0.6) is 0 Å². The van der Waals surface area contributed by atoms with Gasteiger partial charge in [0.25, 0.3) is 0 Å². The van der Waals surface area contributed by atoms with Crippen LogP contribution >= 0.6 is 0 Å². The fourth-order valence-electron chi connectivity index (χ4n) is 0.788. The van der Waals surface area contributed by atoms with Crippen molar-refractivity contribution in [2.24, 2.45) is 0 Å². The van der Waals surface area contributed by atoms with E-state index in [1.807, 2.05) is 0 Å². The summed E-state index contributed by atoms with van der Waals surface area (Å²) in [4.78, 5) is 0. The quantitative estimate of drug-likeness (QED) is 0.620. The second-order valence-electron chi connectivity index (χ2n) is 2.59. The first-order chi connectivity index (χ1) is 5.31. The average Bonchev–Trinajstić information content (AvgIpc) is 2.26. The van der Waals surface area contributed by atoms with Gasteiger partial charge in [-0.15, -0.1) is 0 Å². The predicted octanol–water partition coefficient (Wildman–Crippen LogP) is 2.36. The minimum absolute atomic E-state index is 0.206. The minimum Gasteiger partial charge on any atom is -0.336 e. The summed E-state index contributed by atoms with van der Waals surface area (Å²) in [5.74, 6) is -13.4. The molecule has 0 amide bonds. The molecule has 0 N–H and O–H groups in total. The molecule has 0 aliphatic heterocycles. The Hall–Kier alpha value is -0.390. The minimum atomic E-state index is -4.67. The Labute approximate surface area is 65.5 Å². The van der Waals surface area contributed by atoms with Crippen molar-refractivity contribution in [3.63, 3.8) is 0 Å². The van der Waals surface area contributed by atoms with Crippen molar-refractivity contribution >= 4 is 0 Å². The summed E-state index contributed by atoms with van der Waals surface area (Å²) < 4.78 is 64.4. The first-order valence-electron chi connectivity index (χ1n) is 3.39. The molecule has 0 heterocycles. The Morgan fingerprint density at radius 2 is 1.42 bits per heavy atom. The van der Waals surface area contributed by atoms with E-state index in [2.05, 4.69) is 4.74 Å². The SMILES string of the molecule is CCCOC1(F)C(F)(F)C1(F)F. The molecule has 0 aromatic carbocycles. The van der Waals surface area contributed by atoms with Crippen LogP contribution in [-0.2, 0) is 4.74 Å². The van der Waals surface area contributed by atoms with Crippen LogP contribution < -0.4 is 0 Å². The molecule has 0 spiro atoms. The summed E-state index contributed by atoms with van der Waals surface area (Å²) in [6, 6.07) is 0. The molecule has 0 aromatic heterocycles. The van der Waals surface area contributed by atoms with Crippen LogP contribution in [0.1, 0.15) is 13.3 Å². The van der Waals surface area contributed by atoms with Crippen molar-refractivity contribution in [2.45, 2.75) is 31.0 Å².